The topological polar surface area (TPSA) is 76.5 Å². The third kappa shape index (κ3) is 2.51. The summed E-state index contributed by atoms with van der Waals surface area (Å²) < 4.78 is 4.42. The van der Waals surface area contributed by atoms with Gasteiger partial charge in [-0.05, 0) is 0 Å². The fourth-order valence-electron chi connectivity index (χ4n) is 0.703. The van der Waals surface area contributed by atoms with Gasteiger partial charge in [-0.1, -0.05) is 0 Å². The van der Waals surface area contributed by atoms with Gasteiger partial charge in [-0.3, -0.25) is 4.79 Å². The molecule has 0 aromatic carbocycles. The third-order valence-electron chi connectivity index (χ3n) is 1.28. The molecule has 13 heavy (non-hydrogen) atoms. The van der Waals surface area contributed by atoms with Crippen LogP contribution < -0.4 is 0 Å². The molecule has 0 aliphatic heterocycles. The number of thiazole rings is 1. The fraction of sp³-hybridized carbons (Fsp3) is 0.286. The van der Waals surface area contributed by atoms with Crippen molar-refractivity contribution in [1.82, 2.24) is 4.98 Å². The maximum absolute atomic E-state index is 10.8. The Hall–Kier alpha value is -1.43. The molecule has 0 atom stereocenters. The van der Waals surface area contributed by atoms with Crippen LogP contribution in [0.1, 0.15) is 14.7 Å². The first-order valence-corrected chi connectivity index (χ1v) is 4.20. The summed E-state index contributed by atoms with van der Waals surface area (Å²) in [6, 6.07) is 0. The van der Waals surface area contributed by atoms with Crippen LogP contribution in [-0.4, -0.2) is 29.1 Å². The molecular weight excluding hydrogens is 194 g/mol. The summed E-state index contributed by atoms with van der Waals surface area (Å²) in [5.41, 5.74) is 0. The number of carboxylic acids is 1. The van der Waals surface area contributed by atoms with E-state index in [2.05, 4.69) is 9.72 Å². The average Bonchev–Trinajstić information content (AvgIpc) is 2.52. The van der Waals surface area contributed by atoms with Crippen molar-refractivity contribution in [3.63, 3.8) is 0 Å². The van der Waals surface area contributed by atoms with Crippen LogP contribution in [0.5, 0.6) is 0 Å². The second kappa shape index (κ2) is 3.99. The number of carboxylic acid groups (broad SMARTS) is 1. The molecular formula is C7H7NO4S. The summed E-state index contributed by atoms with van der Waals surface area (Å²) >= 11 is 0.973. The molecule has 0 bridgehead atoms. The molecule has 0 fully saturated rings. The molecule has 0 unspecified atom stereocenters. The normalized spacial score (nSPS) is 9.62. The van der Waals surface area contributed by atoms with Gasteiger partial charge in [-0.25, -0.2) is 9.78 Å². The lowest BCUT2D eigenvalue weighted by Gasteiger charge is -1.93. The number of hydrogen-bond acceptors (Lipinski definition) is 5. The molecule has 1 aromatic heterocycles. The van der Waals surface area contributed by atoms with Gasteiger partial charge in [0.15, 0.2) is 0 Å². The molecule has 0 saturated heterocycles. The van der Waals surface area contributed by atoms with Crippen LogP contribution in [0.3, 0.4) is 0 Å². The molecule has 5 nitrogen and oxygen atoms in total. The van der Waals surface area contributed by atoms with E-state index in [1.54, 1.807) is 0 Å². The summed E-state index contributed by atoms with van der Waals surface area (Å²) in [7, 11) is 1.28. The third-order valence-corrected chi connectivity index (χ3v) is 2.27. The summed E-state index contributed by atoms with van der Waals surface area (Å²) in [6.45, 7) is 0. The Kier molecular flexibility index (Phi) is 2.97. The van der Waals surface area contributed by atoms with E-state index in [4.69, 9.17) is 5.11 Å². The summed E-state index contributed by atoms with van der Waals surface area (Å²) in [4.78, 5) is 25.4. The van der Waals surface area contributed by atoms with Crippen molar-refractivity contribution in [2.45, 2.75) is 6.42 Å². The molecule has 0 saturated carbocycles. The number of methoxy groups -OCH3 is 1. The predicted octanol–water partition coefficient (Wildman–Crippen LogP) is 0.557. The number of carbonyl (C=O) groups is 2. The van der Waals surface area contributed by atoms with Crippen LogP contribution >= 0.6 is 11.3 Å². The number of carbonyl (C=O) groups excluding carboxylic acids is 1. The highest BCUT2D eigenvalue weighted by Gasteiger charge is 2.11. The molecule has 0 aliphatic carbocycles. The number of ether oxygens (including phenoxy) is 1. The molecule has 1 rings (SSSR count). The molecule has 6 heteroatoms. The highest BCUT2D eigenvalue weighted by Crippen LogP contribution is 2.13. The minimum Gasteiger partial charge on any atom is -0.476 e. The van der Waals surface area contributed by atoms with Gasteiger partial charge in [0.2, 0.25) is 5.01 Å². The van der Waals surface area contributed by atoms with E-state index >= 15 is 0 Å². The van der Waals surface area contributed by atoms with Gasteiger partial charge in [-0.15, -0.1) is 11.3 Å². The minimum absolute atomic E-state index is 0.0149. The van der Waals surface area contributed by atoms with Crippen LogP contribution in [-0.2, 0) is 16.0 Å². The van der Waals surface area contributed by atoms with E-state index in [0.717, 1.165) is 11.3 Å². The highest BCUT2D eigenvalue weighted by molar-refractivity contribution is 7.13. The number of aromatic carboxylic acids is 1. The first-order chi connectivity index (χ1) is 6.13. The van der Waals surface area contributed by atoms with Gasteiger partial charge in [0.05, 0.1) is 13.5 Å². The van der Waals surface area contributed by atoms with Crippen molar-refractivity contribution >= 4 is 23.3 Å². The van der Waals surface area contributed by atoms with Crippen molar-refractivity contribution in [2.75, 3.05) is 7.11 Å². The second-order valence-electron chi connectivity index (χ2n) is 2.19. The van der Waals surface area contributed by atoms with Crippen molar-refractivity contribution in [2.24, 2.45) is 0 Å². The van der Waals surface area contributed by atoms with E-state index in [1.165, 1.54) is 13.3 Å². The van der Waals surface area contributed by atoms with Gasteiger partial charge in [0, 0.05) is 11.1 Å². The lowest BCUT2D eigenvalue weighted by molar-refractivity contribution is -0.139. The molecule has 1 N–H and O–H groups in total. The largest absolute Gasteiger partial charge is 0.476 e. The fourth-order valence-corrected chi connectivity index (χ4v) is 1.44. The summed E-state index contributed by atoms with van der Waals surface area (Å²) in [6.07, 6.45) is 1.44. The Morgan fingerprint density at radius 3 is 2.85 bits per heavy atom. The van der Waals surface area contributed by atoms with Crippen LogP contribution in [0.25, 0.3) is 0 Å². The minimum atomic E-state index is -1.08. The van der Waals surface area contributed by atoms with Crippen molar-refractivity contribution in [3.8, 4) is 0 Å². The Morgan fingerprint density at radius 2 is 2.38 bits per heavy atom. The van der Waals surface area contributed by atoms with Gasteiger partial charge < -0.3 is 9.84 Å². The van der Waals surface area contributed by atoms with E-state index in [-0.39, 0.29) is 11.4 Å². The average molecular weight is 201 g/mol. The molecule has 1 aromatic rings. The van der Waals surface area contributed by atoms with Gasteiger partial charge in [0.25, 0.3) is 0 Å². The monoisotopic (exact) mass is 201 g/mol. The van der Waals surface area contributed by atoms with Crippen molar-refractivity contribution in [3.05, 3.63) is 16.1 Å². The molecule has 0 spiro atoms. The Bertz CT molecular complexity index is 333. The number of esters is 1. The lowest BCUT2D eigenvalue weighted by Crippen LogP contribution is -2.02. The molecule has 70 valence electrons. The number of rotatable bonds is 3. The van der Waals surface area contributed by atoms with Crippen LogP contribution in [0, 0.1) is 0 Å². The standard InChI is InChI=1S/C7H7NO4S/c1-12-5(9)2-4-3-8-6(13-4)7(10)11/h3H,2H2,1H3,(H,10,11). The zero-order valence-corrected chi connectivity index (χ0v) is 7.63. The smallest absolute Gasteiger partial charge is 0.365 e. The summed E-state index contributed by atoms with van der Waals surface area (Å²) in [5.74, 6) is -1.48. The van der Waals surface area contributed by atoms with Crippen molar-refractivity contribution in [1.29, 1.82) is 0 Å². The van der Waals surface area contributed by atoms with E-state index < -0.39 is 11.9 Å². The molecule has 0 amide bonds. The SMILES string of the molecule is COC(=O)Cc1cnc(C(=O)O)s1. The quantitative estimate of drug-likeness (QED) is 0.723. The van der Waals surface area contributed by atoms with Crippen LogP contribution in [0.2, 0.25) is 0 Å². The van der Waals surface area contributed by atoms with Crippen LogP contribution in [0.4, 0.5) is 0 Å². The Morgan fingerprint density at radius 1 is 1.69 bits per heavy atom. The van der Waals surface area contributed by atoms with Gasteiger partial charge in [0.1, 0.15) is 0 Å². The van der Waals surface area contributed by atoms with E-state index in [9.17, 15) is 9.59 Å². The first kappa shape index (κ1) is 9.66. The maximum atomic E-state index is 10.8. The van der Waals surface area contributed by atoms with Gasteiger partial charge >= 0.3 is 11.9 Å². The van der Waals surface area contributed by atoms with E-state index in [0.29, 0.717) is 4.88 Å². The maximum Gasteiger partial charge on any atom is 0.365 e. The van der Waals surface area contributed by atoms with Gasteiger partial charge in [-0.2, -0.15) is 0 Å². The number of aromatic nitrogens is 1. The molecule has 0 radical (unpaired) electrons. The second-order valence-corrected chi connectivity index (χ2v) is 3.30. The lowest BCUT2D eigenvalue weighted by atomic mass is 10.4. The molecule has 1 heterocycles. The molecule has 0 aliphatic rings. The zero-order chi connectivity index (χ0) is 9.84. The summed E-state index contributed by atoms with van der Waals surface area (Å²) in [5, 5.41) is 8.51. The first-order valence-electron chi connectivity index (χ1n) is 3.38. The highest BCUT2D eigenvalue weighted by atomic mass is 32.1. The van der Waals surface area contributed by atoms with E-state index in [1.807, 2.05) is 0 Å². The Labute approximate surface area is 78.0 Å². The zero-order valence-electron chi connectivity index (χ0n) is 6.81. The predicted molar refractivity (Wildman–Crippen MR) is 44.8 cm³/mol. The Balaban J connectivity index is 2.69. The number of nitrogens with zero attached hydrogens (tertiary/aromatic N) is 1. The van der Waals surface area contributed by atoms with Crippen LogP contribution in [0.15, 0.2) is 6.20 Å². The number of hydrogen-bond donors (Lipinski definition) is 1. The van der Waals surface area contributed by atoms with Crippen molar-refractivity contribution < 1.29 is 19.4 Å².